The van der Waals surface area contributed by atoms with Crippen molar-refractivity contribution < 1.29 is 16.8 Å². The third-order valence-electron chi connectivity index (χ3n) is 2.65. The first-order valence-corrected chi connectivity index (χ1v) is 10.1. The van der Waals surface area contributed by atoms with Gasteiger partial charge in [0.05, 0.1) is 27.4 Å². The molecule has 0 unspecified atom stereocenters. The van der Waals surface area contributed by atoms with E-state index in [4.69, 9.17) is 0 Å². The normalized spacial score (nSPS) is 12.2. The molecule has 0 radical (unpaired) electrons. The number of nitrogens with zero attached hydrogens (tertiary/aromatic N) is 1. The highest BCUT2D eigenvalue weighted by Crippen LogP contribution is 2.19. The van der Waals surface area contributed by atoms with Crippen LogP contribution in [0.25, 0.3) is 0 Å². The number of hydrogen-bond acceptors (Lipinski definition) is 6. The summed E-state index contributed by atoms with van der Waals surface area (Å²) >= 11 is 1.13. The maximum atomic E-state index is 12.1. The molecule has 0 saturated carbocycles. The zero-order chi connectivity index (χ0) is 15.5. The van der Waals surface area contributed by atoms with E-state index in [1.165, 1.54) is 30.5 Å². The average Bonchev–Trinajstić information content (AvgIpc) is 2.91. The number of nitrogens with one attached hydrogen (secondary N) is 1. The molecular weight excluding hydrogens is 332 g/mol. The Hall–Kier alpha value is -1.45. The Kier molecular flexibility index (Phi) is 4.64. The van der Waals surface area contributed by atoms with Gasteiger partial charge in [0.1, 0.15) is 0 Å². The number of anilines is 1. The number of sulfone groups is 1. The van der Waals surface area contributed by atoms with Gasteiger partial charge in [0.2, 0.25) is 0 Å². The van der Waals surface area contributed by atoms with Gasteiger partial charge in [0.25, 0.3) is 10.0 Å². The molecule has 0 aliphatic heterocycles. The fourth-order valence-corrected chi connectivity index (χ4v) is 4.58. The number of rotatable bonds is 6. The van der Waals surface area contributed by atoms with Gasteiger partial charge >= 0.3 is 0 Å². The predicted molar refractivity (Wildman–Crippen MR) is 81.7 cm³/mol. The van der Waals surface area contributed by atoms with Crippen molar-refractivity contribution in [2.45, 2.75) is 23.1 Å². The SMILES string of the molecule is CCCS(=O)(=O)c1ccc(S(=O)(=O)Nc2cnsc2)cc1. The Morgan fingerprint density at radius 2 is 1.71 bits per heavy atom. The van der Waals surface area contributed by atoms with Crippen LogP contribution in [0.1, 0.15) is 13.3 Å². The van der Waals surface area contributed by atoms with Crippen molar-refractivity contribution in [3.63, 3.8) is 0 Å². The molecule has 2 aromatic rings. The number of sulfonamides is 1. The van der Waals surface area contributed by atoms with Crippen molar-refractivity contribution in [2.75, 3.05) is 10.5 Å². The summed E-state index contributed by atoms with van der Waals surface area (Å²) in [6.45, 7) is 1.77. The van der Waals surface area contributed by atoms with Crippen molar-refractivity contribution in [2.24, 2.45) is 0 Å². The summed E-state index contributed by atoms with van der Waals surface area (Å²) in [6, 6.07) is 5.19. The summed E-state index contributed by atoms with van der Waals surface area (Å²) in [5.41, 5.74) is 0.377. The Bertz CT molecular complexity index is 795. The smallest absolute Gasteiger partial charge is 0.261 e. The van der Waals surface area contributed by atoms with E-state index in [2.05, 4.69) is 9.10 Å². The van der Waals surface area contributed by atoms with Gasteiger partial charge in [-0.25, -0.2) is 16.8 Å². The molecule has 0 aliphatic carbocycles. The first-order valence-electron chi connectivity index (χ1n) is 6.10. The van der Waals surface area contributed by atoms with Crippen molar-refractivity contribution in [3.8, 4) is 0 Å². The standard InChI is InChI=1S/C12H14N2O4S3/c1-2-7-20(15,16)11-3-5-12(6-4-11)21(17,18)14-10-8-13-19-9-10/h3-6,8-9,14H,2,7H2,1H3. The minimum absolute atomic E-state index is 0.00384. The molecule has 0 amide bonds. The molecule has 0 atom stereocenters. The van der Waals surface area contributed by atoms with Crippen LogP contribution in [0, 0.1) is 0 Å². The highest BCUT2D eigenvalue weighted by molar-refractivity contribution is 7.92. The van der Waals surface area contributed by atoms with E-state index >= 15 is 0 Å². The van der Waals surface area contributed by atoms with Crippen molar-refractivity contribution >= 4 is 37.1 Å². The Morgan fingerprint density at radius 1 is 1.10 bits per heavy atom. The molecule has 0 saturated heterocycles. The molecule has 1 aromatic heterocycles. The summed E-state index contributed by atoms with van der Waals surface area (Å²) in [5, 5.41) is 1.57. The number of benzene rings is 1. The van der Waals surface area contributed by atoms with Crippen molar-refractivity contribution in [3.05, 3.63) is 35.8 Å². The molecule has 1 aromatic carbocycles. The van der Waals surface area contributed by atoms with Crippen LogP contribution < -0.4 is 4.72 Å². The first kappa shape index (κ1) is 15.9. The third-order valence-corrected chi connectivity index (χ3v) is 6.57. The predicted octanol–water partition coefficient (Wildman–Crippen LogP) is 2.13. The summed E-state index contributed by atoms with van der Waals surface area (Å²) < 4.78 is 54.1. The molecule has 0 spiro atoms. The van der Waals surface area contributed by atoms with Gasteiger partial charge in [-0.3, -0.25) is 4.72 Å². The number of hydrogen-bond donors (Lipinski definition) is 1. The lowest BCUT2D eigenvalue weighted by atomic mass is 10.4. The van der Waals surface area contributed by atoms with E-state index in [-0.39, 0.29) is 15.5 Å². The van der Waals surface area contributed by atoms with Crippen molar-refractivity contribution in [1.82, 2.24) is 4.37 Å². The van der Waals surface area contributed by atoms with Gasteiger partial charge in [0, 0.05) is 5.38 Å². The molecule has 21 heavy (non-hydrogen) atoms. The van der Waals surface area contributed by atoms with Crippen LogP contribution in [-0.4, -0.2) is 27.0 Å². The van der Waals surface area contributed by atoms with E-state index in [1.54, 1.807) is 12.3 Å². The lowest BCUT2D eigenvalue weighted by molar-refractivity contribution is 0.593. The van der Waals surface area contributed by atoms with Gasteiger partial charge in [-0.1, -0.05) is 6.92 Å². The zero-order valence-corrected chi connectivity index (χ0v) is 13.6. The summed E-state index contributed by atoms with van der Waals surface area (Å²) in [5.74, 6) is 0.0396. The van der Waals surface area contributed by atoms with Crippen molar-refractivity contribution in [1.29, 1.82) is 0 Å². The highest BCUT2D eigenvalue weighted by atomic mass is 32.2. The topological polar surface area (TPSA) is 93.2 Å². The largest absolute Gasteiger partial charge is 0.277 e. The molecule has 0 aliphatic rings. The maximum absolute atomic E-state index is 12.1. The van der Waals surface area contributed by atoms with Crippen LogP contribution in [0.5, 0.6) is 0 Å². The van der Waals surface area contributed by atoms with E-state index < -0.39 is 19.9 Å². The Morgan fingerprint density at radius 3 is 2.24 bits per heavy atom. The lowest BCUT2D eigenvalue weighted by Crippen LogP contribution is -2.13. The zero-order valence-electron chi connectivity index (χ0n) is 11.2. The summed E-state index contributed by atoms with van der Waals surface area (Å²) in [4.78, 5) is 0.129. The third kappa shape index (κ3) is 3.80. The molecule has 0 bridgehead atoms. The minimum Gasteiger partial charge on any atom is -0.277 e. The maximum Gasteiger partial charge on any atom is 0.261 e. The minimum atomic E-state index is -3.74. The van der Waals surface area contributed by atoms with Gasteiger partial charge in [-0.15, -0.1) is 0 Å². The average molecular weight is 346 g/mol. The van der Waals surface area contributed by atoms with E-state index in [9.17, 15) is 16.8 Å². The van der Waals surface area contributed by atoms with Gasteiger partial charge in [0.15, 0.2) is 9.84 Å². The fourth-order valence-electron chi connectivity index (χ4n) is 1.68. The highest BCUT2D eigenvalue weighted by Gasteiger charge is 2.17. The van der Waals surface area contributed by atoms with Gasteiger partial charge in [-0.05, 0) is 42.2 Å². The quantitative estimate of drug-likeness (QED) is 0.865. The van der Waals surface area contributed by atoms with Crippen LogP contribution in [0.3, 0.4) is 0 Å². The Balaban J connectivity index is 2.26. The molecule has 1 heterocycles. The second kappa shape index (κ2) is 6.12. The summed E-state index contributed by atoms with van der Waals surface area (Å²) in [6.07, 6.45) is 1.91. The molecule has 114 valence electrons. The van der Waals surface area contributed by atoms with Gasteiger partial charge in [-0.2, -0.15) is 4.37 Å². The number of aromatic nitrogens is 1. The molecule has 0 fully saturated rings. The molecule has 6 nitrogen and oxygen atoms in total. The van der Waals surface area contributed by atoms with E-state index in [0.717, 1.165) is 11.5 Å². The Labute approximate surface area is 128 Å². The second-order valence-corrected chi connectivity index (χ2v) is 8.76. The van der Waals surface area contributed by atoms with E-state index in [0.29, 0.717) is 12.1 Å². The fraction of sp³-hybridized carbons (Fsp3) is 0.250. The molecule has 2 rings (SSSR count). The lowest BCUT2D eigenvalue weighted by Gasteiger charge is -2.07. The summed E-state index contributed by atoms with van der Waals surface area (Å²) in [7, 11) is -7.08. The molecular formula is C12H14N2O4S3. The molecule has 9 heteroatoms. The monoisotopic (exact) mass is 346 g/mol. The molecule has 1 N–H and O–H groups in total. The van der Waals surface area contributed by atoms with Crippen LogP contribution in [0.4, 0.5) is 5.69 Å². The van der Waals surface area contributed by atoms with Gasteiger partial charge < -0.3 is 0 Å². The van der Waals surface area contributed by atoms with Crippen LogP contribution >= 0.6 is 11.5 Å². The second-order valence-electron chi connectivity index (χ2n) is 4.31. The van der Waals surface area contributed by atoms with Crippen LogP contribution in [0.2, 0.25) is 0 Å². The van der Waals surface area contributed by atoms with E-state index in [1.807, 2.05) is 0 Å². The van der Waals surface area contributed by atoms with Crippen LogP contribution in [-0.2, 0) is 19.9 Å². The van der Waals surface area contributed by atoms with Crippen LogP contribution in [0.15, 0.2) is 45.6 Å². The first-order chi connectivity index (χ1) is 9.85.